The molecular formula is C29H24O2. The first-order valence-corrected chi connectivity index (χ1v) is 10.9. The largest absolute Gasteiger partial charge is 0.496 e. The van der Waals surface area contributed by atoms with E-state index in [1.54, 1.807) is 14.2 Å². The Bertz CT molecular complexity index is 1220. The van der Waals surface area contributed by atoms with Gasteiger partial charge >= 0.3 is 0 Å². The predicted octanol–water partition coefficient (Wildman–Crippen LogP) is 7.33. The lowest BCUT2D eigenvalue weighted by Crippen LogP contribution is -2.04. The fourth-order valence-electron chi connectivity index (χ4n) is 5.59. The van der Waals surface area contributed by atoms with Gasteiger partial charge in [0, 0.05) is 33.7 Å². The van der Waals surface area contributed by atoms with Crippen LogP contribution in [-0.4, -0.2) is 14.2 Å². The van der Waals surface area contributed by atoms with Crippen molar-refractivity contribution in [3.8, 4) is 33.8 Å². The van der Waals surface area contributed by atoms with Crippen LogP contribution in [-0.2, 0) is 0 Å². The summed E-state index contributed by atoms with van der Waals surface area (Å²) in [5.74, 6) is 2.80. The Labute approximate surface area is 182 Å². The average molecular weight is 405 g/mol. The molecule has 2 bridgehead atoms. The summed E-state index contributed by atoms with van der Waals surface area (Å²) in [4.78, 5) is 0. The Morgan fingerprint density at radius 3 is 1.39 bits per heavy atom. The second kappa shape index (κ2) is 7.02. The summed E-state index contributed by atoms with van der Waals surface area (Å²) in [6, 6.07) is 25.6. The molecule has 0 fully saturated rings. The molecule has 0 saturated heterocycles. The fourth-order valence-corrected chi connectivity index (χ4v) is 5.59. The quantitative estimate of drug-likeness (QED) is 0.332. The first kappa shape index (κ1) is 18.3. The molecule has 152 valence electrons. The van der Waals surface area contributed by atoms with Crippen LogP contribution >= 0.6 is 0 Å². The van der Waals surface area contributed by atoms with E-state index < -0.39 is 0 Å². The smallest absolute Gasteiger partial charge is 0.131 e. The first-order valence-electron chi connectivity index (χ1n) is 10.9. The van der Waals surface area contributed by atoms with Crippen molar-refractivity contribution in [3.63, 3.8) is 0 Å². The van der Waals surface area contributed by atoms with Gasteiger partial charge in [-0.3, -0.25) is 0 Å². The summed E-state index contributed by atoms with van der Waals surface area (Å²) in [5.41, 5.74) is 7.35. The molecule has 4 aromatic rings. The van der Waals surface area contributed by atoms with Crippen molar-refractivity contribution in [2.45, 2.75) is 18.3 Å². The standard InChI is InChI=1S/C29H24O2/c1-30-28-24-20-13-14-21(17-20)25(24)29(31-2)27-23(19-11-7-4-8-12-19)16-15-22(26(27)28)18-9-5-3-6-10-18/h3-16,20-21H,17H2,1-2H3/t20-,21-/m0/s1. The first-order chi connectivity index (χ1) is 15.3. The molecule has 2 atom stereocenters. The van der Waals surface area contributed by atoms with Crippen LogP contribution in [0.25, 0.3) is 33.0 Å². The second-order valence-corrected chi connectivity index (χ2v) is 8.37. The van der Waals surface area contributed by atoms with E-state index in [4.69, 9.17) is 9.47 Å². The van der Waals surface area contributed by atoms with Crippen molar-refractivity contribution in [1.29, 1.82) is 0 Å². The highest BCUT2D eigenvalue weighted by Crippen LogP contribution is 2.60. The number of hydrogen-bond acceptors (Lipinski definition) is 2. The highest BCUT2D eigenvalue weighted by molar-refractivity contribution is 6.13. The minimum atomic E-state index is 0.400. The Hall–Kier alpha value is -3.52. The Morgan fingerprint density at radius 1 is 0.581 bits per heavy atom. The molecule has 6 rings (SSSR count). The Kier molecular flexibility index (Phi) is 4.14. The third kappa shape index (κ3) is 2.58. The van der Waals surface area contributed by atoms with Crippen LogP contribution in [0.15, 0.2) is 84.9 Å². The van der Waals surface area contributed by atoms with Crippen molar-refractivity contribution >= 4 is 10.8 Å². The van der Waals surface area contributed by atoms with Gasteiger partial charge in [-0.2, -0.15) is 0 Å². The normalized spacial score (nSPS) is 18.4. The number of rotatable bonds is 4. The molecule has 2 heteroatoms. The van der Waals surface area contributed by atoms with Crippen LogP contribution in [0.4, 0.5) is 0 Å². The van der Waals surface area contributed by atoms with Gasteiger partial charge in [-0.1, -0.05) is 84.9 Å². The summed E-state index contributed by atoms with van der Waals surface area (Å²) in [6.07, 6.45) is 5.79. The molecule has 0 heterocycles. The molecule has 0 N–H and O–H groups in total. The summed E-state index contributed by atoms with van der Waals surface area (Å²) < 4.78 is 12.4. The summed E-state index contributed by atoms with van der Waals surface area (Å²) >= 11 is 0. The van der Waals surface area contributed by atoms with Crippen LogP contribution in [0.5, 0.6) is 11.5 Å². The monoisotopic (exact) mass is 404 g/mol. The third-order valence-corrected chi connectivity index (χ3v) is 6.84. The lowest BCUT2D eigenvalue weighted by Gasteiger charge is -2.24. The van der Waals surface area contributed by atoms with Gasteiger partial charge < -0.3 is 9.47 Å². The molecule has 0 amide bonds. The number of fused-ring (bicyclic) bond motifs is 6. The minimum Gasteiger partial charge on any atom is -0.496 e. The van der Waals surface area contributed by atoms with E-state index in [0.717, 1.165) is 28.7 Å². The molecule has 31 heavy (non-hydrogen) atoms. The number of hydrogen-bond donors (Lipinski definition) is 0. The van der Waals surface area contributed by atoms with Crippen LogP contribution in [0.3, 0.4) is 0 Å². The summed E-state index contributed by atoms with van der Waals surface area (Å²) in [5, 5.41) is 2.29. The van der Waals surface area contributed by atoms with Crippen molar-refractivity contribution < 1.29 is 9.47 Å². The van der Waals surface area contributed by atoms with Crippen molar-refractivity contribution in [3.05, 3.63) is 96.1 Å². The zero-order valence-electron chi connectivity index (χ0n) is 17.8. The maximum Gasteiger partial charge on any atom is 0.131 e. The van der Waals surface area contributed by atoms with Gasteiger partial charge in [0.15, 0.2) is 0 Å². The lowest BCUT2D eigenvalue weighted by atomic mass is 9.84. The minimum absolute atomic E-state index is 0.400. The zero-order chi connectivity index (χ0) is 20.9. The molecule has 0 spiro atoms. The fraction of sp³-hybridized carbons (Fsp3) is 0.172. The number of ether oxygens (including phenoxy) is 2. The van der Waals surface area contributed by atoms with Crippen LogP contribution in [0.1, 0.15) is 29.4 Å². The highest BCUT2D eigenvalue weighted by Gasteiger charge is 2.40. The van der Waals surface area contributed by atoms with Crippen molar-refractivity contribution in [1.82, 2.24) is 0 Å². The molecule has 0 saturated carbocycles. The van der Waals surface area contributed by atoms with Crippen molar-refractivity contribution in [2.24, 2.45) is 0 Å². The van der Waals surface area contributed by atoms with Gasteiger partial charge in [0.05, 0.1) is 14.2 Å². The topological polar surface area (TPSA) is 18.5 Å². The molecule has 0 unspecified atom stereocenters. The summed E-state index contributed by atoms with van der Waals surface area (Å²) in [7, 11) is 3.61. The van der Waals surface area contributed by atoms with Gasteiger partial charge in [-0.25, -0.2) is 0 Å². The molecular weight excluding hydrogens is 380 g/mol. The molecule has 4 aromatic carbocycles. The molecule has 0 aliphatic heterocycles. The number of allylic oxidation sites excluding steroid dienone is 2. The second-order valence-electron chi connectivity index (χ2n) is 8.37. The van der Waals surface area contributed by atoms with Crippen molar-refractivity contribution in [2.75, 3.05) is 14.2 Å². The van der Waals surface area contributed by atoms with Gasteiger partial charge in [0.2, 0.25) is 0 Å². The van der Waals surface area contributed by atoms with Gasteiger partial charge in [-0.15, -0.1) is 0 Å². The molecule has 2 nitrogen and oxygen atoms in total. The van der Waals surface area contributed by atoms with E-state index in [-0.39, 0.29) is 0 Å². The van der Waals surface area contributed by atoms with E-state index in [1.807, 2.05) is 0 Å². The maximum atomic E-state index is 6.19. The summed E-state index contributed by atoms with van der Waals surface area (Å²) in [6.45, 7) is 0. The van der Waals surface area contributed by atoms with Gasteiger partial charge in [-0.05, 0) is 28.7 Å². The Balaban J connectivity index is 1.82. The predicted molar refractivity (Wildman–Crippen MR) is 127 cm³/mol. The molecule has 0 aromatic heterocycles. The highest BCUT2D eigenvalue weighted by atomic mass is 16.5. The van der Waals surface area contributed by atoms with E-state index in [0.29, 0.717) is 11.8 Å². The number of methoxy groups -OCH3 is 2. The van der Waals surface area contributed by atoms with Crippen LogP contribution < -0.4 is 9.47 Å². The molecule has 2 aliphatic carbocycles. The van der Waals surface area contributed by atoms with Gasteiger partial charge in [0.25, 0.3) is 0 Å². The van der Waals surface area contributed by atoms with E-state index in [9.17, 15) is 0 Å². The van der Waals surface area contributed by atoms with Crippen LogP contribution in [0.2, 0.25) is 0 Å². The molecule has 0 radical (unpaired) electrons. The zero-order valence-corrected chi connectivity index (χ0v) is 17.8. The van der Waals surface area contributed by atoms with E-state index >= 15 is 0 Å². The molecule has 2 aliphatic rings. The van der Waals surface area contributed by atoms with Gasteiger partial charge in [0.1, 0.15) is 11.5 Å². The lowest BCUT2D eigenvalue weighted by molar-refractivity contribution is 0.404. The number of benzene rings is 4. The van der Waals surface area contributed by atoms with E-state index in [1.165, 1.54) is 33.4 Å². The average Bonchev–Trinajstić information content (AvgIpc) is 3.46. The maximum absolute atomic E-state index is 6.19. The third-order valence-electron chi connectivity index (χ3n) is 6.84. The van der Waals surface area contributed by atoms with Crippen LogP contribution in [0, 0.1) is 0 Å². The Morgan fingerprint density at radius 2 is 1.00 bits per heavy atom. The van der Waals surface area contributed by atoms with E-state index in [2.05, 4.69) is 84.9 Å². The SMILES string of the molecule is COc1c2c(c(OC)c3c(-c4ccccc4)ccc(-c4ccccc4)c13)[C@H]1C=C[C@H]2C1.